The third-order valence-electron chi connectivity index (χ3n) is 22.4. The second kappa shape index (κ2) is 14.5. The summed E-state index contributed by atoms with van der Waals surface area (Å²) in [6.45, 7) is 10.8. The molecule has 0 aliphatic heterocycles. The van der Waals surface area contributed by atoms with E-state index in [-0.39, 0.29) is 57.9 Å². The number of allylic oxidation sites excluding steroid dienone is 3. The van der Waals surface area contributed by atoms with Crippen molar-refractivity contribution in [2.75, 3.05) is 20.3 Å². The molecule has 18 unspecified atom stereocenters. The van der Waals surface area contributed by atoms with Crippen molar-refractivity contribution in [1.29, 1.82) is 0 Å². The van der Waals surface area contributed by atoms with Crippen LogP contribution < -0.4 is 10.4 Å². The maximum atomic E-state index is 16.4. The van der Waals surface area contributed by atoms with Gasteiger partial charge in [-0.25, -0.2) is 0 Å². The molecule has 0 radical (unpaired) electrons. The zero-order valence-corrected chi connectivity index (χ0v) is 39.8. The lowest BCUT2D eigenvalue weighted by atomic mass is 9.23. The SMILES string of the molecule is COCCCC(=O)c1cc(C(C)O)cc2c1=CC1CCC34CCC5C(C)(C(O)CO)C(O)CCC5(C1C=2)C3C(=O)C=C1C2CC(C)(C)CC35CCCC3C=CC3(O)C(CCC(O)C235)C14C. The van der Waals surface area contributed by atoms with Crippen LogP contribution in [0.3, 0.4) is 0 Å². The van der Waals surface area contributed by atoms with E-state index in [2.05, 4.69) is 51.2 Å². The van der Waals surface area contributed by atoms with Crippen molar-refractivity contribution in [2.45, 2.75) is 161 Å². The average Bonchev–Trinajstić information content (AvgIpc) is 3.64. The molecule has 0 aromatic heterocycles. The highest BCUT2D eigenvalue weighted by Gasteiger charge is 2.86. The minimum atomic E-state index is -1.28. The summed E-state index contributed by atoms with van der Waals surface area (Å²) in [5.41, 5.74) is -3.10. The van der Waals surface area contributed by atoms with Gasteiger partial charge in [-0.2, -0.15) is 0 Å². The minimum absolute atomic E-state index is 0.00663. The molecule has 0 saturated heterocycles. The van der Waals surface area contributed by atoms with Gasteiger partial charge in [-0.15, -0.1) is 0 Å². The molecular formula is C56H76O9. The van der Waals surface area contributed by atoms with Gasteiger partial charge < -0.3 is 35.4 Å². The Balaban J connectivity index is 1.18. The van der Waals surface area contributed by atoms with Crippen molar-refractivity contribution in [1.82, 2.24) is 0 Å². The molecule has 10 aliphatic carbocycles. The van der Waals surface area contributed by atoms with Gasteiger partial charge in [0.25, 0.3) is 0 Å². The molecule has 9 heteroatoms. The van der Waals surface area contributed by atoms with Gasteiger partial charge in [-0.3, -0.25) is 9.59 Å². The summed E-state index contributed by atoms with van der Waals surface area (Å²) in [6, 6.07) is 3.88. The molecule has 65 heavy (non-hydrogen) atoms. The summed E-state index contributed by atoms with van der Waals surface area (Å²) in [5, 5.41) is 74.9. The number of ether oxygens (including phenoxy) is 1. The molecule has 0 amide bonds. The standard InChI is InChI=1S/C56H76O9/c1-31(58)33-23-34-26-38-32(24-36(34)37(25-33)41(59)10-8-22-65-6)13-18-52-19-15-43-50(4,47(63)29-57)45(61)16-20-54(38,43)48(52)42(60)27-39-40-28-49(2,3)30-53-17-7-9-35(53)14-21-55(64)44(51(39,52)5)11-12-46(62)56(40,53)55/h14,21,23-27,31-32,35,38,40,43-48,57-58,61-64H,7-13,15-20,22,28-30H2,1-6H3. The van der Waals surface area contributed by atoms with Crippen molar-refractivity contribution in [3.63, 3.8) is 0 Å². The minimum Gasteiger partial charge on any atom is -0.394 e. The van der Waals surface area contributed by atoms with Gasteiger partial charge in [0.2, 0.25) is 0 Å². The van der Waals surface area contributed by atoms with E-state index in [1.165, 1.54) is 5.57 Å². The molecule has 354 valence electrons. The first-order valence-electron chi connectivity index (χ1n) is 25.7. The summed E-state index contributed by atoms with van der Waals surface area (Å²) in [4.78, 5) is 30.6. The Hall–Kier alpha value is -2.50. The largest absolute Gasteiger partial charge is 0.394 e. The number of carbonyl (C=O) groups is 2. The Morgan fingerprint density at radius 2 is 1.68 bits per heavy atom. The van der Waals surface area contributed by atoms with Gasteiger partial charge in [0.1, 0.15) is 0 Å². The number of fused-ring (bicyclic) bond motifs is 5. The summed E-state index contributed by atoms with van der Waals surface area (Å²) in [6.07, 6.45) is 18.4. The number of ketones is 2. The molecule has 6 N–H and O–H groups in total. The van der Waals surface area contributed by atoms with E-state index in [0.29, 0.717) is 69.1 Å². The van der Waals surface area contributed by atoms with E-state index in [0.717, 1.165) is 55.4 Å². The number of carbonyl (C=O) groups excluding carboxylic acids is 2. The fourth-order valence-corrected chi connectivity index (χ4v) is 20.5. The van der Waals surface area contributed by atoms with Crippen LogP contribution in [0.15, 0.2) is 35.9 Å². The van der Waals surface area contributed by atoms with E-state index in [4.69, 9.17) is 4.74 Å². The Morgan fingerprint density at radius 1 is 0.908 bits per heavy atom. The van der Waals surface area contributed by atoms with Crippen molar-refractivity contribution >= 4 is 23.7 Å². The second-order valence-corrected chi connectivity index (χ2v) is 24.9. The lowest BCUT2D eigenvalue weighted by Gasteiger charge is -2.81. The van der Waals surface area contributed by atoms with Crippen LogP contribution in [-0.4, -0.2) is 86.4 Å². The number of hydrogen-bond acceptors (Lipinski definition) is 9. The van der Waals surface area contributed by atoms with Crippen molar-refractivity contribution < 1.29 is 45.0 Å². The van der Waals surface area contributed by atoms with Crippen LogP contribution in [0.5, 0.6) is 0 Å². The molecule has 10 aliphatic rings. The molecule has 18 atom stereocenters. The van der Waals surface area contributed by atoms with E-state index >= 15 is 4.79 Å². The first-order valence-corrected chi connectivity index (χ1v) is 25.7. The van der Waals surface area contributed by atoms with Gasteiger partial charge in [-0.1, -0.05) is 64.0 Å². The topological polar surface area (TPSA) is 165 Å². The molecule has 3 spiro atoms. The molecule has 1 aromatic rings. The highest BCUT2D eigenvalue weighted by Crippen LogP contribution is 2.87. The molecule has 9 nitrogen and oxygen atoms in total. The molecule has 0 heterocycles. The number of Topliss-reactive ketones (excluding diaryl/α,β-unsaturated/α-hetero) is 1. The number of aliphatic hydroxyl groups excluding tert-OH is 5. The van der Waals surface area contributed by atoms with E-state index in [9.17, 15) is 35.4 Å². The van der Waals surface area contributed by atoms with Crippen molar-refractivity contribution in [3.05, 3.63) is 57.5 Å². The quantitative estimate of drug-likeness (QED) is 0.100. The predicted molar refractivity (Wildman–Crippen MR) is 247 cm³/mol. The van der Waals surface area contributed by atoms with Crippen LogP contribution in [0.1, 0.15) is 153 Å². The van der Waals surface area contributed by atoms with Gasteiger partial charge in [-0.05, 0) is 176 Å². The summed E-state index contributed by atoms with van der Waals surface area (Å²) < 4.78 is 5.32. The third kappa shape index (κ3) is 5.21. The van der Waals surface area contributed by atoms with Crippen LogP contribution in [0.25, 0.3) is 12.2 Å². The first-order chi connectivity index (χ1) is 30.8. The number of aliphatic hydroxyl groups is 6. The fourth-order valence-electron chi connectivity index (χ4n) is 20.5. The van der Waals surface area contributed by atoms with Crippen molar-refractivity contribution in [3.8, 4) is 0 Å². The van der Waals surface area contributed by atoms with Crippen molar-refractivity contribution in [2.24, 2.45) is 79.3 Å². The Morgan fingerprint density at radius 3 is 2.42 bits per heavy atom. The Labute approximate surface area is 385 Å². The second-order valence-electron chi connectivity index (χ2n) is 24.9. The average molecular weight is 893 g/mol. The van der Waals surface area contributed by atoms with Gasteiger partial charge in [0.05, 0.1) is 36.6 Å². The Kier molecular flexibility index (Phi) is 10.0. The molecule has 11 rings (SSSR count). The smallest absolute Gasteiger partial charge is 0.163 e. The number of benzene rings is 1. The lowest BCUT2D eigenvalue weighted by molar-refractivity contribution is -0.339. The monoisotopic (exact) mass is 893 g/mol. The molecular weight excluding hydrogens is 817 g/mol. The third-order valence-corrected chi connectivity index (χ3v) is 22.4. The highest BCUT2D eigenvalue weighted by atomic mass is 16.5. The van der Waals surface area contributed by atoms with E-state index in [1.54, 1.807) is 14.0 Å². The number of hydrogen-bond donors (Lipinski definition) is 6. The number of methoxy groups -OCH3 is 1. The number of rotatable bonds is 8. The van der Waals surface area contributed by atoms with Crippen LogP contribution in [0.4, 0.5) is 0 Å². The maximum absolute atomic E-state index is 16.4. The van der Waals surface area contributed by atoms with Crippen LogP contribution in [-0.2, 0) is 9.53 Å². The molecule has 1 aromatic carbocycles. The van der Waals surface area contributed by atoms with Crippen LogP contribution >= 0.6 is 0 Å². The van der Waals surface area contributed by atoms with Gasteiger partial charge in [0.15, 0.2) is 11.6 Å². The zero-order chi connectivity index (χ0) is 46.1. The van der Waals surface area contributed by atoms with E-state index < -0.39 is 69.6 Å². The summed E-state index contributed by atoms with van der Waals surface area (Å²) in [5.74, 6) is -1.15. The molecule has 7 fully saturated rings. The summed E-state index contributed by atoms with van der Waals surface area (Å²) >= 11 is 0. The van der Waals surface area contributed by atoms with Crippen LogP contribution in [0, 0.1) is 79.3 Å². The predicted octanol–water partition coefficient (Wildman–Crippen LogP) is 6.27. The van der Waals surface area contributed by atoms with Crippen LogP contribution in [0.2, 0.25) is 0 Å². The Bertz CT molecular complexity index is 2380. The summed E-state index contributed by atoms with van der Waals surface area (Å²) in [7, 11) is 1.64. The normalized spacial score (nSPS) is 49.1. The van der Waals surface area contributed by atoms with E-state index in [1.807, 2.05) is 19.1 Å². The first kappa shape index (κ1) is 45.0. The van der Waals surface area contributed by atoms with Gasteiger partial charge in [0, 0.05) is 53.8 Å². The molecule has 7 saturated carbocycles. The highest BCUT2D eigenvalue weighted by molar-refractivity contribution is 5.97. The molecule has 4 bridgehead atoms. The van der Waals surface area contributed by atoms with Gasteiger partial charge >= 0.3 is 0 Å². The zero-order valence-electron chi connectivity index (χ0n) is 39.8. The lowest BCUT2D eigenvalue weighted by Crippen LogP contribution is -2.82. The maximum Gasteiger partial charge on any atom is 0.163 e. The fraction of sp³-hybridized carbons (Fsp3) is 0.750.